The SMILES string of the molecule is CC1CN(C(=O)CS)CCN1C. The summed E-state index contributed by atoms with van der Waals surface area (Å²) in [4.78, 5) is 15.4. The Balaban J connectivity index is 2.45. The van der Waals surface area contributed by atoms with Crippen LogP contribution in [0.25, 0.3) is 0 Å². The average molecular weight is 188 g/mol. The van der Waals surface area contributed by atoms with E-state index in [0.29, 0.717) is 11.8 Å². The Morgan fingerprint density at radius 3 is 2.75 bits per heavy atom. The van der Waals surface area contributed by atoms with E-state index in [1.807, 2.05) is 4.90 Å². The summed E-state index contributed by atoms with van der Waals surface area (Å²) in [6.45, 7) is 4.80. The maximum absolute atomic E-state index is 11.3. The van der Waals surface area contributed by atoms with Gasteiger partial charge in [0.15, 0.2) is 0 Å². The molecule has 1 atom stereocenters. The molecule has 4 heteroatoms. The number of carbonyl (C=O) groups excluding carboxylic acids is 1. The van der Waals surface area contributed by atoms with Crippen LogP contribution in [0.1, 0.15) is 6.92 Å². The molecule has 0 spiro atoms. The van der Waals surface area contributed by atoms with Crippen LogP contribution < -0.4 is 0 Å². The molecule has 1 aliphatic heterocycles. The van der Waals surface area contributed by atoms with E-state index in [1.165, 1.54) is 0 Å². The standard InChI is InChI=1S/C8H16N2OS/c1-7-5-10(8(11)6-12)4-3-9(7)2/h7,12H,3-6H2,1-2H3. The number of rotatable bonds is 1. The largest absolute Gasteiger partial charge is 0.339 e. The zero-order chi connectivity index (χ0) is 9.14. The molecule has 0 aliphatic carbocycles. The smallest absolute Gasteiger partial charge is 0.232 e. The maximum Gasteiger partial charge on any atom is 0.232 e. The van der Waals surface area contributed by atoms with Crippen molar-refractivity contribution in [3.8, 4) is 0 Å². The van der Waals surface area contributed by atoms with Gasteiger partial charge in [0.05, 0.1) is 5.75 Å². The van der Waals surface area contributed by atoms with Gasteiger partial charge in [-0.3, -0.25) is 4.79 Å². The van der Waals surface area contributed by atoms with Gasteiger partial charge in [0.1, 0.15) is 0 Å². The Morgan fingerprint density at radius 1 is 1.58 bits per heavy atom. The Labute approximate surface area is 79.1 Å². The normalized spacial score (nSPS) is 25.9. The van der Waals surface area contributed by atoms with Gasteiger partial charge in [0.2, 0.25) is 5.91 Å². The minimum absolute atomic E-state index is 0.151. The van der Waals surface area contributed by atoms with Gasteiger partial charge in [-0.15, -0.1) is 0 Å². The molecule has 0 radical (unpaired) electrons. The first-order valence-electron chi connectivity index (χ1n) is 4.24. The number of hydrogen-bond donors (Lipinski definition) is 1. The zero-order valence-electron chi connectivity index (χ0n) is 7.66. The topological polar surface area (TPSA) is 23.6 Å². The van der Waals surface area contributed by atoms with Gasteiger partial charge in [-0.1, -0.05) is 0 Å². The molecule has 0 saturated carbocycles. The van der Waals surface area contributed by atoms with Gasteiger partial charge in [0, 0.05) is 25.7 Å². The first kappa shape index (κ1) is 9.86. The molecular weight excluding hydrogens is 172 g/mol. The molecule has 0 aromatic heterocycles. The summed E-state index contributed by atoms with van der Waals surface area (Å²) in [5.74, 6) is 0.481. The van der Waals surface area contributed by atoms with Crippen LogP contribution in [0.3, 0.4) is 0 Å². The molecule has 0 bridgehead atoms. The second-order valence-corrected chi connectivity index (χ2v) is 3.64. The van der Waals surface area contributed by atoms with Gasteiger partial charge >= 0.3 is 0 Å². The molecule has 1 saturated heterocycles. The monoisotopic (exact) mass is 188 g/mol. The molecule has 1 aliphatic rings. The highest BCUT2D eigenvalue weighted by Crippen LogP contribution is 2.07. The number of carbonyl (C=O) groups is 1. The fraction of sp³-hybridized carbons (Fsp3) is 0.875. The fourth-order valence-electron chi connectivity index (χ4n) is 1.37. The predicted octanol–water partition coefficient (Wildman–Crippen LogP) is 0.0787. The van der Waals surface area contributed by atoms with Crippen molar-refractivity contribution in [2.45, 2.75) is 13.0 Å². The summed E-state index contributed by atoms with van der Waals surface area (Å²) in [6.07, 6.45) is 0. The number of nitrogens with zero attached hydrogens (tertiary/aromatic N) is 2. The summed E-state index contributed by atoms with van der Waals surface area (Å²) < 4.78 is 0. The lowest BCUT2D eigenvalue weighted by molar-refractivity contribution is -0.130. The molecule has 0 N–H and O–H groups in total. The first-order chi connectivity index (χ1) is 5.65. The van der Waals surface area contributed by atoms with E-state index >= 15 is 0 Å². The van der Waals surface area contributed by atoms with Crippen LogP contribution in [0.5, 0.6) is 0 Å². The lowest BCUT2D eigenvalue weighted by Gasteiger charge is -2.37. The third-order valence-corrected chi connectivity index (χ3v) is 2.72. The molecule has 70 valence electrons. The fourth-order valence-corrected chi connectivity index (χ4v) is 1.57. The van der Waals surface area contributed by atoms with Crippen molar-refractivity contribution in [1.82, 2.24) is 9.80 Å². The van der Waals surface area contributed by atoms with Crippen molar-refractivity contribution in [2.75, 3.05) is 32.4 Å². The van der Waals surface area contributed by atoms with E-state index in [0.717, 1.165) is 19.6 Å². The van der Waals surface area contributed by atoms with Crippen molar-refractivity contribution in [1.29, 1.82) is 0 Å². The zero-order valence-corrected chi connectivity index (χ0v) is 8.55. The summed E-state index contributed by atoms with van der Waals surface area (Å²) in [6, 6.07) is 0.475. The van der Waals surface area contributed by atoms with Crippen molar-refractivity contribution in [3.05, 3.63) is 0 Å². The Hall–Kier alpha value is -0.220. The Morgan fingerprint density at radius 2 is 2.25 bits per heavy atom. The quantitative estimate of drug-likeness (QED) is 0.589. The van der Waals surface area contributed by atoms with Gasteiger partial charge in [0.25, 0.3) is 0 Å². The van der Waals surface area contributed by atoms with Gasteiger partial charge in [-0.25, -0.2) is 0 Å². The lowest BCUT2D eigenvalue weighted by atomic mass is 10.2. The molecule has 3 nitrogen and oxygen atoms in total. The number of piperazine rings is 1. The summed E-state index contributed by atoms with van der Waals surface area (Å²) in [7, 11) is 2.09. The molecule has 12 heavy (non-hydrogen) atoms. The third kappa shape index (κ3) is 2.14. The summed E-state index contributed by atoms with van der Waals surface area (Å²) >= 11 is 3.97. The van der Waals surface area contributed by atoms with Crippen molar-refractivity contribution in [2.24, 2.45) is 0 Å². The molecule has 1 heterocycles. The van der Waals surface area contributed by atoms with Gasteiger partial charge in [-0.2, -0.15) is 12.6 Å². The number of hydrogen-bond acceptors (Lipinski definition) is 3. The van der Waals surface area contributed by atoms with E-state index in [9.17, 15) is 4.79 Å². The average Bonchev–Trinajstić information content (AvgIpc) is 2.08. The molecule has 1 fully saturated rings. The molecule has 0 aromatic rings. The predicted molar refractivity (Wildman–Crippen MR) is 52.5 cm³/mol. The van der Waals surface area contributed by atoms with Crippen LogP contribution in [-0.4, -0.2) is 54.2 Å². The second kappa shape index (κ2) is 4.14. The second-order valence-electron chi connectivity index (χ2n) is 3.33. The van der Waals surface area contributed by atoms with Gasteiger partial charge in [-0.05, 0) is 14.0 Å². The lowest BCUT2D eigenvalue weighted by Crippen LogP contribution is -2.52. The Bertz CT molecular complexity index is 174. The van der Waals surface area contributed by atoms with E-state index in [4.69, 9.17) is 0 Å². The van der Waals surface area contributed by atoms with Crippen LogP contribution in [0.4, 0.5) is 0 Å². The van der Waals surface area contributed by atoms with Gasteiger partial charge < -0.3 is 9.80 Å². The number of amides is 1. The van der Waals surface area contributed by atoms with Crippen LogP contribution in [0.2, 0.25) is 0 Å². The number of thiol groups is 1. The van der Waals surface area contributed by atoms with Crippen molar-refractivity contribution >= 4 is 18.5 Å². The van der Waals surface area contributed by atoms with Crippen LogP contribution in [0.15, 0.2) is 0 Å². The van der Waals surface area contributed by atoms with Crippen LogP contribution >= 0.6 is 12.6 Å². The van der Waals surface area contributed by atoms with Crippen molar-refractivity contribution in [3.63, 3.8) is 0 Å². The highest BCUT2D eigenvalue weighted by atomic mass is 32.1. The first-order valence-corrected chi connectivity index (χ1v) is 4.87. The van der Waals surface area contributed by atoms with E-state index in [1.54, 1.807) is 0 Å². The highest BCUT2D eigenvalue weighted by molar-refractivity contribution is 7.81. The molecule has 0 aromatic carbocycles. The van der Waals surface area contributed by atoms with E-state index < -0.39 is 0 Å². The molecule has 1 amide bonds. The minimum atomic E-state index is 0.151. The molecule has 1 unspecified atom stereocenters. The summed E-state index contributed by atoms with van der Waals surface area (Å²) in [5, 5.41) is 0. The number of likely N-dealkylation sites (N-methyl/N-ethyl adjacent to an activating group) is 1. The summed E-state index contributed by atoms with van der Waals surface area (Å²) in [5.41, 5.74) is 0. The minimum Gasteiger partial charge on any atom is -0.339 e. The van der Waals surface area contributed by atoms with E-state index in [-0.39, 0.29) is 5.91 Å². The van der Waals surface area contributed by atoms with Crippen molar-refractivity contribution < 1.29 is 4.79 Å². The maximum atomic E-state index is 11.3. The van der Waals surface area contributed by atoms with Crippen LogP contribution in [-0.2, 0) is 4.79 Å². The molecular formula is C8H16N2OS. The Kier molecular flexibility index (Phi) is 3.40. The van der Waals surface area contributed by atoms with Crippen LogP contribution in [0, 0.1) is 0 Å². The van der Waals surface area contributed by atoms with E-state index in [2.05, 4.69) is 31.5 Å². The molecule has 1 rings (SSSR count). The highest BCUT2D eigenvalue weighted by Gasteiger charge is 2.22. The third-order valence-electron chi connectivity index (χ3n) is 2.45.